The minimum Gasteiger partial charge on any atom is -0.476 e. The van der Waals surface area contributed by atoms with Gasteiger partial charge in [-0.25, -0.2) is 4.79 Å². The molecule has 6 heteroatoms. The maximum atomic E-state index is 11.0. The number of carboxylic acid groups (broad SMARTS) is 1. The van der Waals surface area contributed by atoms with Crippen LogP contribution in [0.1, 0.15) is 29.8 Å². The van der Waals surface area contributed by atoms with Gasteiger partial charge in [-0.2, -0.15) is 5.10 Å². The fourth-order valence-electron chi connectivity index (χ4n) is 2.76. The van der Waals surface area contributed by atoms with Gasteiger partial charge in [0.2, 0.25) is 0 Å². The average molecular weight is 286 g/mol. The van der Waals surface area contributed by atoms with Crippen LogP contribution in [0.4, 0.5) is 0 Å². The zero-order valence-electron chi connectivity index (χ0n) is 11.5. The minimum absolute atomic E-state index is 0.0284. The number of hydrogen-bond acceptors (Lipinski definition) is 4. The number of aryl methyl sites for hydroxylation is 1. The van der Waals surface area contributed by atoms with Gasteiger partial charge in [0, 0.05) is 25.5 Å². The van der Waals surface area contributed by atoms with E-state index in [-0.39, 0.29) is 5.69 Å². The van der Waals surface area contributed by atoms with Gasteiger partial charge in [0.1, 0.15) is 0 Å². The smallest absolute Gasteiger partial charge is 0.356 e. The Morgan fingerprint density at radius 2 is 2.05 bits per heavy atom. The molecule has 2 aliphatic rings. The monoisotopic (exact) mass is 286 g/mol. The number of fused-ring (bicyclic) bond motifs is 1. The highest BCUT2D eigenvalue weighted by Gasteiger charge is 2.47. The van der Waals surface area contributed by atoms with Crippen LogP contribution in [0, 0.1) is 0 Å². The van der Waals surface area contributed by atoms with Crippen LogP contribution in [0.2, 0.25) is 0 Å². The molecular formula is C15H14N2O4. The van der Waals surface area contributed by atoms with Crippen molar-refractivity contribution < 1.29 is 19.4 Å². The molecule has 1 saturated carbocycles. The molecule has 1 aromatic carbocycles. The van der Waals surface area contributed by atoms with Gasteiger partial charge in [0.15, 0.2) is 17.2 Å². The van der Waals surface area contributed by atoms with Crippen LogP contribution in [0.5, 0.6) is 11.5 Å². The lowest BCUT2D eigenvalue weighted by Crippen LogP contribution is -2.45. The van der Waals surface area contributed by atoms with E-state index in [9.17, 15) is 4.79 Å². The number of nitrogens with zero attached hydrogens (tertiary/aromatic N) is 2. The summed E-state index contributed by atoms with van der Waals surface area (Å²) < 4.78 is 13.3. The van der Waals surface area contributed by atoms with E-state index in [1.165, 1.54) is 0 Å². The molecule has 0 bridgehead atoms. The largest absolute Gasteiger partial charge is 0.476 e. The molecule has 1 fully saturated rings. The summed E-state index contributed by atoms with van der Waals surface area (Å²) in [5.74, 6) is -0.0324. The first-order valence-corrected chi connectivity index (χ1v) is 6.86. The predicted octanol–water partition coefficient (Wildman–Crippen LogP) is 2.44. The van der Waals surface area contributed by atoms with Gasteiger partial charge in [-0.05, 0) is 30.7 Å². The van der Waals surface area contributed by atoms with Crippen molar-refractivity contribution in [1.82, 2.24) is 9.78 Å². The zero-order valence-corrected chi connectivity index (χ0v) is 11.5. The number of carbonyl (C=O) groups is 1. The van der Waals surface area contributed by atoms with Crippen molar-refractivity contribution in [2.45, 2.75) is 25.0 Å². The normalized spacial score (nSPS) is 17.8. The van der Waals surface area contributed by atoms with Gasteiger partial charge in [-0.15, -0.1) is 0 Å². The molecule has 2 heterocycles. The van der Waals surface area contributed by atoms with Gasteiger partial charge in [-0.1, -0.05) is 0 Å². The molecule has 0 amide bonds. The molecule has 1 aliphatic heterocycles. The number of carboxylic acids is 1. The highest BCUT2D eigenvalue weighted by Crippen LogP contribution is 2.49. The third-order valence-electron chi connectivity index (χ3n) is 4.05. The number of benzene rings is 1. The topological polar surface area (TPSA) is 73.6 Å². The van der Waals surface area contributed by atoms with E-state index < -0.39 is 11.8 Å². The second kappa shape index (κ2) is 4.00. The van der Waals surface area contributed by atoms with Crippen LogP contribution in [0.25, 0.3) is 11.3 Å². The Hall–Kier alpha value is -2.50. The summed E-state index contributed by atoms with van der Waals surface area (Å²) in [6.45, 7) is 0. The number of aromatic nitrogens is 2. The molecule has 1 N–H and O–H groups in total. The van der Waals surface area contributed by atoms with Gasteiger partial charge < -0.3 is 14.6 Å². The van der Waals surface area contributed by atoms with E-state index >= 15 is 0 Å². The van der Waals surface area contributed by atoms with Gasteiger partial charge in [-0.3, -0.25) is 4.68 Å². The Labute approximate surface area is 120 Å². The maximum Gasteiger partial charge on any atom is 0.356 e. The van der Waals surface area contributed by atoms with E-state index in [1.54, 1.807) is 17.8 Å². The van der Waals surface area contributed by atoms with E-state index in [0.29, 0.717) is 5.75 Å². The fourth-order valence-corrected chi connectivity index (χ4v) is 2.76. The lowest BCUT2D eigenvalue weighted by atomic mass is 9.91. The number of ether oxygens (including phenoxy) is 2. The Balaban J connectivity index is 1.72. The average Bonchev–Trinajstić information content (AvgIpc) is 2.98. The molecule has 1 spiro atoms. The van der Waals surface area contributed by atoms with Crippen molar-refractivity contribution in [1.29, 1.82) is 0 Å². The SMILES string of the molecule is Cn1nc(C(=O)O)cc1-c1ccc2c(c1)OC1(CCC1)O2. The van der Waals surface area contributed by atoms with E-state index in [4.69, 9.17) is 14.6 Å². The lowest BCUT2D eigenvalue weighted by molar-refractivity contribution is -0.138. The van der Waals surface area contributed by atoms with Gasteiger partial charge in [0.25, 0.3) is 5.79 Å². The Bertz CT molecular complexity index is 746. The summed E-state index contributed by atoms with van der Waals surface area (Å²) in [6, 6.07) is 7.19. The molecule has 1 aliphatic carbocycles. The summed E-state index contributed by atoms with van der Waals surface area (Å²) in [7, 11) is 1.72. The van der Waals surface area contributed by atoms with E-state index in [2.05, 4.69) is 5.10 Å². The summed E-state index contributed by atoms with van der Waals surface area (Å²) >= 11 is 0. The molecule has 0 radical (unpaired) electrons. The maximum absolute atomic E-state index is 11.0. The van der Waals surface area contributed by atoms with Crippen molar-refractivity contribution in [2.24, 2.45) is 7.05 Å². The highest BCUT2D eigenvalue weighted by molar-refractivity contribution is 5.87. The third-order valence-corrected chi connectivity index (χ3v) is 4.05. The van der Waals surface area contributed by atoms with Crippen molar-refractivity contribution in [3.63, 3.8) is 0 Å². The van der Waals surface area contributed by atoms with Crippen LogP contribution in [0.3, 0.4) is 0 Å². The van der Waals surface area contributed by atoms with Crippen LogP contribution in [-0.4, -0.2) is 26.6 Å². The second-order valence-electron chi connectivity index (χ2n) is 5.47. The fraction of sp³-hybridized carbons (Fsp3) is 0.333. The number of rotatable bonds is 2. The van der Waals surface area contributed by atoms with E-state index in [1.807, 2.05) is 18.2 Å². The van der Waals surface area contributed by atoms with Crippen LogP contribution in [0.15, 0.2) is 24.3 Å². The van der Waals surface area contributed by atoms with Crippen LogP contribution >= 0.6 is 0 Å². The molecular weight excluding hydrogens is 272 g/mol. The number of hydrogen-bond donors (Lipinski definition) is 1. The number of aromatic carboxylic acids is 1. The summed E-state index contributed by atoms with van der Waals surface area (Å²) in [6.07, 6.45) is 2.93. The molecule has 4 rings (SSSR count). The molecule has 0 saturated heterocycles. The highest BCUT2D eigenvalue weighted by atomic mass is 16.7. The lowest BCUT2D eigenvalue weighted by Gasteiger charge is -2.35. The Morgan fingerprint density at radius 3 is 2.67 bits per heavy atom. The first kappa shape index (κ1) is 12.3. The Morgan fingerprint density at radius 1 is 1.29 bits per heavy atom. The predicted molar refractivity (Wildman–Crippen MR) is 73.4 cm³/mol. The van der Waals surface area contributed by atoms with Crippen molar-refractivity contribution in [3.05, 3.63) is 30.0 Å². The molecule has 1 aromatic heterocycles. The molecule has 108 valence electrons. The molecule has 0 atom stereocenters. The zero-order chi connectivity index (χ0) is 14.6. The van der Waals surface area contributed by atoms with Crippen molar-refractivity contribution >= 4 is 5.97 Å². The van der Waals surface area contributed by atoms with Gasteiger partial charge in [0.05, 0.1) is 5.69 Å². The first-order chi connectivity index (χ1) is 10.1. The van der Waals surface area contributed by atoms with Gasteiger partial charge >= 0.3 is 5.97 Å². The molecule has 21 heavy (non-hydrogen) atoms. The van der Waals surface area contributed by atoms with Crippen LogP contribution in [-0.2, 0) is 7.05 Å². The molecule has 2 aromatic rings. The summed E-state index contributed by atoms with van der Waals surface area (Å²) in [4.78, 5) is 11.0. The quantitative estimate of drug-likeness (QED) is 0.917. The minimum atomic E-state index is -1.04. The van der Waals surface area contributed by atoms with E-state index in [0.717, 1.165) is 36.3 Å². The first-order valence-electron chi connectivity index (χ1n) is 6.86. The molecule has 0 unspecified atom stereocenters. The standard InChI is InChI=1S/C15H14N2O4/c1-17-11(8-10(16-17)14(18)19)9-3-4-12-13(7-9)21-15(20-12)5-2-6-15/h3-4,7-8H,2,5-6H2,1H3,(H,18,19). The summed E-state index contributed by atoms with van der Waals surface area (Å²) in [5, 5.41) is 13.0. The van der Waals surface area contributed by atoms with Crippen molar-refractivity contribution in [2.75, 3.05) is 0 Å². The second-order valence-corrected chi connectivity index (χ2v) is 5.47. The summed E-state index contributed by atoms with van der Waals surface area (Å²) in [5.41, 5.74) is 1.62. The molecule has 6 nitrogen and oxygen atoms in total. The Kier molecular flexibility index (Phi) is 2.34. The third kappa shape index (κ3) is 1.79. The van der Waals surface area contributed by atoms with Crippen LogP contribution < -0.4 is 9.47 Å². The van der Waals surface area contributed by atoms with Crippen molar-refractivity contribution in [3.8, 4) is 22.8 Å².